The molecule has 0 spiro atoms. The molecule has 1 aliphatic heterocycles. The van der Waals surface area contributed by atoms with Crippen LogP contribution in [-0.4, -0.2) is 23.4 Å². The van der Waals surface area contributed by atoms with Crippen molar-refractivity contribution in [3.05, 3.63) is 64.2 Å². The van der Waals surface area contributed by atoms with Gasteiger partial charge < -0.3 is 9.47 Å². The van der Waals surface area contributed by atoms with Crippen LogP contribution in [0.15, 0.2) is 48.5 Å². The molecule has 1 atom stereocenters. The Morgan fingerprint density at radius 1 is 1.18 bits per heavy atom. The quantitative estimate of drug-likeness (QED) is 0.640. The first-order chi connectivity index (χ1) is 10.6. The van der Waals surface area contributed by atoms with Crippen LogP contribution in [0.4, 0.5) is 5.69 Å². The van der Waals surface area contributed by atoms with Crippen molar-refractivity contribution in [1.82, 2.24) is 0 Å². The molecule has 1 heterocycles. The van der Waals surface area contributed by atoms with E-state index in [4.69, 9.17) is 9.47 Å². The van der Waals surface area contributed by atoms with E-state index in [0.29, 0.717) is 11.3 Å². The Kier molecular flexibility index (Phi) is 3.74. The fraction of sp³-hybridized carbons (Fsp3) is 0.188. The summed E-state index contributed by atoms with van der Waals surface area (Å²) in [7, 11) is 0. The third kappa shape index (κ3) is 2.76. The van der Waals surface area contributed by atoms with E-state index in [2.05, 4.69) is 0 Å². The predicted molar refractivity (Wildman–Crippen MR) is 78.4 cm³/mol. The van der Waals surface area contributed by atoms with Gasteiger partial charge in [0.25, 0.3) is 0 Å². The molecule has 0 bridgehead atoms. The molecule has 0 aromatic heterocycles. The van der Waals surface area contributed by atoms with Crippen molar-refractivity contribution in [2.45, 2.75) is 12.5 Å². The molecule has 0 amide bonds. The number of hydrogen-bond acceptors (Lipinski definition) is 5. The lowest BCUT2D eigenvalue weighted by molar-refractivity contribution is -0.385. The molecule has 0 aliphatic carbocycles. The number of ketones is 1. The fourth-order valence-electron chi connectivity index (χ4n) is 2.34. The number of carbonyl (C=O) groups excluding carboxylic acids is 1. The number of nitro groups is 1. The Bertz CT molecular complexity index is 728. The van der Waals surface area contributed by atoms with Gasteiger partial charge in [0.1, 0.15) is 18.5 Å². The van der Waals surface area contributed by atoms with Crippen LogP contribution in [0.25, 0.3) is 0 Å². The summed E-state index contributed by atoms with van der Waals surface area (Å²) < 4.78 is 11.2. The van der Waals surface area contributed by atoms with Crippen LogP contribution in [0, 0.1) is 10.1 Å². The van der Waals surface area contributed by atoms with E-state index in [0.717, 1.165) is 0 Å². The Labute approximate surface area is 126 Å². The molecule has 0 radical (unpaired) electrons. The molecule has 112 valence electrons. The van der Waals surface area contributed by atoms with Crippen LogP contribution in [0.1, 0.15) is 16.8 Å². The zero-order valence-corrected chi connectivity index (χ0v) is 11.6. The summed E-state index contributed by atoms with van der Waals surface area (Å²) in [6.07, 6.45) is -0.264. The minimum atomic E-state index is -0.502. The number of rotatable bonds is 4. The number of benzene rings is 2. The number of hydrogen-bond donors (Lipinski definition) is 0. The molecular formula is C16H13NO5. The van der Waals surface area contributed by atoms with Gasteiger partial charge in [0.15, 0.2) is 11.5 Å². The zero-order chi connectivity index (χ0) is 15.5. The summed E-state index contributed by atoms with van der Waals surface area (Å²) in [6.45, 7) is 0.0743. The van der Waals surface area contributed by atoms with E-state index >= 15 is 0 Å². The number of nitrogens with zero attached hydrogens (tertiary/aromatic N) is 1. The smallest absolute Gasteiger partial charge is 0.310 e. The van der Waals surface area contributed by atoms with Crippen LogP contribution < -0.4 is 9.47 Å². The van der Waals surface area contributed by atoms with Gasteiger partial charge in [-0.2, -0.15) is 0 Å². The lowest BCUT2D eigenvalue weighted by atomic mass is 10.0. The highest BCUT2D eigenvalue weighted by atomic mass is 16.6. The molecular weight excluding hydrogens is 286 g/mol. The number of para-hydroxylation sites is 3. The Balaban J connectivity index is 1.71. The van der Waals surface area contributed by atoms with Crippen LogP contribution in [0.2, 0.25) is 0 Å². The molecule has 0 N–H and O–H groups in total. The van der Waals surface area contributed by atoms with Gasteiger partial charge in [-0.1, -0.05) is 24.3 Å². The average molecular weight is 299 g/mol. The van der Waals surface area contributed by atoms with Crippen molar-refractivity contribution in [3.8, 4) is 11.5 Å². The van der Waals surface area contributed by atoms with Gasteiger partial charge in [0.2, 0.25) is 0 Å². The zero-order valence-electron chi connectivity index (χ0n) is 11.6. The largest absolute Gasteiger partial charge is 0.486 e. The highest BCUT2D eigenvalue weighted by molar-refractivity contribution is 5.99. The van der Waals surface area contributed by atoms with Gasteiger partial charge in [-0.3, -0.25) is 14.9 Å². The van der Waals surface area contributed by atoms with E-state index in [9.17, 15) is 14.9 Å². The van der Waals surface area contributed by atoms with Crippen molar-refractivity contribution < 1.29 is 19.2 Å². The first-order valence-electron chi connectivity index (χ1n) is 6.80. The van der Waals surface area contributed by atoms with Crippen molar-refractivity contribution in [1.29, 1.82) is 0 Å². The lowest BCUT2D eigenvalue weighted by Gasteiger charge is -2.25. The van der Waals surface area contributed by atoms with E-state index in [1.54, 1.807) is 36.4 Å². The van der Waals surface area contributed by atoms with Crippen LogP contribution in [-0.2, 0) is 0 Å². The minimum Gasteiger partial charge on any atom is -0.486 e. The minimum absolute atomic E-state index is 0.0157. The summed E-state index contributed by atoms with van der Waals surface area (Å²) in [4.78, 5) is 22.5. The monoisotopic (exact) mass is 299 g/mol. The maximum absolute atomic E-state index is 12.0. The number of ether oxygens (including phenoxy) is 2. The Hall–Kier alpha value is -2.89. The SMILES string of the molecule is O=C1CC(COc2ccccc2[N+](=O)[O-])Oc2ccccc21. The molecule has 2 aromatic carbocycles. The molecule has 1 unspecified atom stereocenters. The molecule has 1 aliphatic rings. The molecule has 0 fully saturated rings. The Morgan fingerprint density at radius 3 is 2.73 bits per heavy atom. The molecule has 0 saturated heterocycles. The number of fused-ring (bicyclic) bond motifs is 1. The predicted octanol–water partition coefficient (Wildman–Crippen LogP) is 3.01. The maximum atomic E-state index is 12.0. The standard InChI is InChI=1S/C16H13NO5/c18-14-9-11(22-15-7-3-1-5-12(14)15)10-21-16-8-4-2-6-13(16)17(19)20/h1-8,11H,9-10H2. The van der Waals surface area contributed by atoms with Crippen molar-refractivity contribution in [3.63, 3.8) is 0 Å². The maximum Gasteiger partial charge on any atom is 0.310 e. The molecule has 3 rings (SSSR count). The molecule has 6 heteroatoms. The van der Waals surface area contributed by atoms with Crippen LogP contribution >= 0.6 is 0 Å². The highest BCUT2D eigenvalue weighted by Crippen LogP contribution is 2.29. The van der Waals surface area contributed by atoms with Gasteiger partial charge in [-0.25, -0.2) is 0 Å². The van der Waals surface area contributed by atoms with Crippen LogP contribution in [0.5, 0.6) is 11.5 Å². The molecule has 0 saturated carbocycles. The van der Waals surface area contributed by atoms with Gasteiger partial charge in [0.05, 0.1) is 16.9 Å². The van der Waals surface area contributed by atoms with Crippen LogP contribution in [0.3, 0.4) is 0 Å². The van der Waals surface area contributed by atoms with E-state index in [1.807, 2.05) is 0 Å². The van der Waals surface area contributed by atoms with Crippen molar-refractivity contribution in [2.75, 3.05) is 6.61 Å². The van der Waals surface area contributed by atoms with Gasteiger partial charge >= 0.3 is 5.69 Å². The summed E-state index contributed by atoms with van der Waals surface area (Å²) in [5.41, 5.74) is 0.453. The van der Waals surface area contributed by atoms with E-state index in [-0.39, 0.29) is 30.2 Å². The topological polar surface area (TPSA) is 78.7 Å². The fourth-order valence-corrected chi connectivity index (χ4v) is 2.34. The number of nitro benzene ring substituents is 1. The summed E-state index contributed by atoms with van der Waals surface area (Å²) in [5, 5.41) is 10.9. The normalized spacial score (nSPS) is 16.5. The van der Waals surface area contributed by atoms with E-state index in [1.165, 1.54) is 12.1 Å². The second kappa shape index (κ2) is 5.85. The summed E-state index contributed by atoms with van der Waals surface area (Å²) >= 11 is 0. The van der Waals surface area contributed by atoms with E-state index < -0.39 is 11.0 Å². The summed E-state index contributed by atoms with van der Waals surface area (Å²) in [5.74, 6) is 0.676. The number of carbonyl (C=O) groups is 1. The molecule has 2 aromatic rings. The second-order valence-electron chi connectivity index (χ2n) is 4.90. The van der Waals surface area contributed by atoms with Crippen molar-refractivity contribution in [2.24, 2.45) is 0 Å². The summed E-state index contributed by atoms with van der Waals surface area (Å²) in [6, 6.07) is 13.1. The van der Waals surface area contributed by atoms with Gasteiger partial charge in [-0.05, 0) is 18.2 Å². The highest BCUT2D eigenvalue weighted by Gasteiger charge is 2.27. The second-order valence-corrected chi connectivity index (χ2v) is 4.90. The number of Topliss-reactive ketones (excluding diaryl/α,β-unsaturated/α-hetero) is 1. The van der Waals surface area contributed by atoms with Crippen molar-refractivity contribution >= 4 is 11.5 Å². The first-order valence-corrected chi connectivity index (χ1v) is 6.80. The first kappa shape index (κ1) is 14.1. The third-order valence-electron chi connectivity index (χ3n) is 3.38. The average Bonchev–Trinajstić information content (AvgIpc) is 2.53. The van der Waals surface area contributed by atoms with Gasteiger partial charge in [-0.15, -0.1) is 0 Å². The Morgan fingerprint density at radius 2 is 1.91 bits per heavy atom. The molecule has 6 nitrogen and oxygen atoms in total. The third-order valence-corrected chi connectivity index (χ3v) is 3.38. The van der Waals surface area contributed by atoms with Gasteiger partial charge in [0, 0.05) is 6.07 Å². The molecule has 22 heavy (non-hydrogen) atoms. The lowest BCUT2D eigenvalue weighted by Crippen LogP contribution is -2.32.